The predicted octanol–water partition coefficient (Wildman–Crippen LogP) is 4.49. The zero-order valence-electron chi connectivity index (χ0n) is 9.25. The van der Waals surface area contributed by atoms with Crippen molar-refractivity contribution in [1.29, 1.82) is 0 Å². The van der Waals surface area contributed by atoms with Gasteiger partial charge in [-0.1, -0.05) is 43.9 Å². The van der Waals surface area contributed by atoms with Crippen LogP contribution in [0.1, 0.15) is 27.2 Å². The van der Waals surface area contributed by atoms with Crippen molar-refractivity contribution in [3.8, 4) is 0 Å². The minimum absolute atomic E-state index is 0.176. The molecule has 0 unspecified atom stereocenters. The lowest BCUT2D eigenvalue weighted by atomic mass is 9.64. The molecule has 0 aromatic rings. The Bertz CT molecular complexity index is 196. The van der Waals surface area contributed by atoms with Crippen molar-refractivity contribution >= 4 is 36.1 Å². The van der Waals surface area contributed by atoms with Gasteiger partial charge in [0.2, 0.25) is 0 Å². The highest BCUT2D eigenvalue weighted by Crippen LogP contribution is 2.27. The van der Waals surface area contributed by atoms with Gasteiger partial charge in [-0.15, -0.1) is 0 Å². The third-order valence-corrected chi connectivity index (χ3v) is 6.02. The Balaban J connectivity index is 4.90. The lowest BCUT2D eigenvalue weighted by Gasteiger charge is -2.20. The van der Waals surface area contributed by atoms with Gasteiger partial charge in [0.1, 0.15) is 0 Å². The van der Waals surface area contributed by atoms with E-state index in [2.05, 4.69) is 33.9 Å². The number of hydrogen-bond acceptors (Lipinski definition) is 0. The van der Waals surface area contributed by atoms with Gasteiger partial charge in [0.15, 0.2) is 7.38 Å². The molecule has 0 amide bonds. The quantitative estimate of drug-likeness (QED) is 0.499. The van der Waals surface area contributed by atoms with E-state index < -0.39 is 7.38 Å². The molecule has 13 heavy (non-hydrogen) atoms. The van der Waals surface area contributed by atoms with Crippen LogP contribution in [0, 0.1) is 0 Å². The van der Waals surface area contributed by atoms with E-state index in [-0.39, 0.29) is 6.13 Å². The molecule has 0 fully saturated rings. The lowest BCUT2D eigenvalue weighted by Crippen LogP contribution is -2.24. The second-order valence-corrected chi connectivity index (χ2v) is 10.9. The summed E-state index contributed by atoms with van der Waals surface area (Å²) in [4.78, 5) is 0. The number of hydrogen-bond donors (Lipinski definition) is 0. The van der Waals surface area contributed by atoms with E-state index in [0.29, 0.717) is 0 Å². The summed E-state index contributed by atoms with van der Waals surface area (Å²) < 4.78 is 0. The molecule has 76 valence electrons. The van der Waals surface area contributed by atoms with E-state index in [1.165, 1.54) is 10.7 Å². The van der Waals surface area contributed by atoms with Crippen molar-refractivity contribution in [2.45, 2.75) is 46.6 Å². The van der Waals surface area contributed by atoms with Crippen molar-refractivity contribution in [1.82, 2.24) is 0 Å². The molecule has 0 rings (SSSR count). The fraction of sp³-hybridized carbons (Fsp3) is 0.778. The molecule has 0 atom stereocenters. The van der Waals surface area contributed by atoms with Crippen LogP contribution in [-0.4, -0.2) is 13.5 Å². The Morgan fingerprint density at radius 1 is 1.31 bits per heavy atom. The van der Waals surface area contributed by atoms with Crippen molar-refractivity contribution < 1.29 is 0 Å². The van der Waals surface area contributed by atoms with Gasteiger partial charge in [-0.3, -0.25) is 0 Å². The minimum Gasteiger partial charge on any atom is -0.189 e. The molecule has 0 heterocycles. The molecule has 0 aliphatic heterocycles. The Morgan fingerprint density at radius 3 is 2.00 bits per heavy atom. The molecule has 0 nitrogen and oxygen atoms in total. The maximum Gasteiger partial charge on any atom is 0.278 e. The van der Waals surface area contributed by atoms with E-state index in [1.54, 1.807) is 0 Å². The van der Waals surface area contributed by atoms with Gasteiger partial charge in [0.25, 0.3) is 6.13 Å². The van der Waals surface area contributed by atoms with Crippen LogP contribution in [0.4, 0.5) is 0 Å². The fourth-order valence-corrected chi connectivity index (χ4v) is 3.24. The van der Waals surface area contributed by atoms with E-state index in [9.17, 15) is 0 Å². The highest BCUT2D eigenvalue weighted by molar-refractivity contribution is 7.24. The summed E-state index contributed by atoms with van der Waals surface area (Å²) in [6.45, 7) is 10.7. The fourth-order valence-electron chi connectivity index (χ4n) is 1.35. The zero-order chi connectivity index (χ0) is 10.6. The monoisotopic (exact) mass is 236 g/mol. The first-order valence-electron chi connectivity index (χ1n) is 4.87. The Hall–Kier alpha value is 0.602. The molecule has 0 N–H and O–H groups in total. The van der Waals surface area contributed by atoms with Gasteiger partial charge in [-0.2, -0.15) is 22.5 Å². The first kappa shape index (κ1) is 13.6. The molecular weight excluding hydrogens is 218 g/mol. The standard InChI is InChI=1S/C9H19BCl2Si/c1-6-9(10(11)7-2)8(3)13(4,5)12/h6-7H2,1-5H3/b9-8-. The molecule has 0 saturated heterocycles. The molecule has 0 bridgehead atoms. The van der Waals surface area contributed by atoms with Gasteiger partial charge in [0.05, 0.1) is 0 Å². The molecule has 0 aliphatic carbocycles. The number of halogens is 2. The molecule has 4 heteroatoms. The van der Waals surface area contributed by atoms with Gasteiger partial charge in [0, 0.05) is 0 Å². The molecule has 0 aliphatic rings. The van der Waals surface area contributed by atoms with Crippen LogP contribution in [0.5, 0.6) is 0 Å². The molecule has 0 saturated carbocycles. The zero-order valence-corrected chi connectivity index (χ0v) is 11.8. The average Bonchev–Trinajstić information content (AvgIpc) is 2.03. The maximum absolute atomic E-state index is 6.38. The van der Waals surface area contributed by atoms with E-state index in [0.717, 1.165) is 12.7 Å². The first-order valence-corrected chi connectivity index (χ1v) is 9.32. The van der Waals surface area contributed by atoms with Crippen LogP contribution < -0.4 is 0 Å². The summed E-state index contributed by atoms with van der Waals surface area (Å²) in [5.41, 5.74) is 1.36. The SMILES string of the molecule is CCB(Cl)/C(CC)=C(/C)[Si](C)(C)Cl. The average molecular weight is 237 g/mol. The minimum atomic E-state index is -1.66. The third-order valence-electron chi connectivity index (χ3n) is 2.49. The van der Waals surface area contributed by atoms with Crippen LogP contribution in [0.25, 0.3) is 0 Å². The van der Waals surface area contributed by atoms with Crippen molar-refractivity contribution in [3.63, 3.8) is 0 Å². The predicted molar refractivity (Wildman–Crippen MR) is 68.4 cm³/mol. The van der Waals surface area contributed by atoms with Crippen LogP contribution in [-0.2, 0) is 0 Å². The number of rotatable bonds is 4. The topological polar surface area (TPSA) is 0 Å². The summed E-state index contributed by atoms with van der Waals surface area (Å²) in [5.74, 6) is 0. The highest BCUT2D eigenvalue weighted by atomic mass is 35.6. The highest BCUT2D eigenvalue weighted by Gasteiger charge is 2.25. The molecule has 0 aromatic heterocycles. The molecule has 0 aromatic carbocycles. The van der Waals surface area contributed by atoms with Gasteiger partial charge >= 0.3 is 0 Å². The van der Waals surface area contributed by atoms with Gasteiger partial charge in [-0.25, -0.2) is 0 Å². The summed E-state index contributed by atoms with van der Waals surface area (Å²) in [6.07, 6.45) is 2.19. The summed E-state index contributed by atoms with van der Waals surface area (Å²) in [5, 5.41) is 1.36. The molecule has 0 radical (unpaired) electrons. The second kappa shape index (κ2) is 5.47. The molecule has 0 spiro atoms. The second-order valence-electron chi connectivity index (χ2n) is 3.85. The van der Waals surface area contributed by atoms with Crippen LogP contribution >= 0.6 is 22.5 Å². The Labute approximate surface area is 93.4 Å². The summed E-state index contributed by atoms with van der Waals surface area (Å²) in [6, 6.07) is 0. The van der Waals surface area contributed by atoms with E-state index >= 15 is 0 Å². The largest absolute Gasteiger partial charge is 0.278 e. The Kier molecular flexibility index (Phi) is 5.73. The third kappa shape index (κ3) is 4.09. The lowest BCUT2D eigenvalue weighted by molar-refractivity contribution is 1.16. The van der Waals surface area contributed by atoms with E-state index in [1.807, 2.05) is 0 Å². The first-order chi connectivity index (χ1) is 5.84. The number of allylic oxidation sites excluding steroid dienone is 2. The van der Waals surface area contributed by atoms with Crippen molar-refractivity contribution in [2.24, 2.45) is 0 Å². The van der Waals surface area contributed by atoms with Gasteiger partial charge < -0.3 is 0 Å². The summed E-state index contributed by atoms with van der Waals surface area (Å²) in [7, 11) is -1.66. The van der Waals surface area contributed by atoms with E-state index in [4.69, 9.17) is 22.5 Å². The van der Waals surface area contributed by atoms with Gasteiger partial charge in [-0.05, 0) is 13.3 Å². The van der Waals surface area contributed by atoms with Crippen LogP contribution in [0.2, 0.25) is 19.4 Å². The van der Waals surface area contributed by atoms with Crippen molar-refractivity contribution in [2.75, 3.05) is 0 Å². The van der Waals surface area contributed by atoms with Crippen LogP contribution in [0.3, 0.4) is 0 Å². The Morgan fingerprint density at radius 2 is 1.77 bits per heavy atom. The van der Waals surface area contributed by atoms with Crippen molar-refractivity contribution in [3.05, 3.63) is 10.7 Å². The van der Waals surface area contributed by atoms with Crippen LogP contribution in [0.15, 0.2) is 10.7 Å². The normalized spacial score (nSPS) is 14.1. The summed E-state index contributed by atoms with van der Waals surface area (Å²) >= 11 is 12.6. The maximum atomic E-state index is 6.38. The molecular formula is C9H19BCl2Si. The smallest absolute Gasteiger partial charge is 0.189 e.